The molecule has 1 aliphatic carbocycles. The molecule has 10 nitrogen and oxygen atoms in total. The molecule has 1 saturated carbocycles. The largest absolute Gasteiger partial charge is 0.444 e. The normalized spacial score (nSPS) is 21.3. The Labute approximate surface area is 246 Å². The predicted molar refractivity (Wildman–Crippen MR) is 154 cm³/mol. The molecule has 3 aromatic rings. The average molecular weight is 577 g/mol. The topological polar surface area (TPSA) is 120 Å². The van der Waals surface area contributed by atoms with Gasteiger partial charge in [0, 0.05) is 69.6 Å². The van der Waals surface area contributed by atoms with Crippen LogP contribution in [0.3, 0.4) is 0 Å². The number of likely N-dealkylation sites (tertiary alicyclic amines) is 1. The second-order valence-electron chi connectivity index (χ2n) is 13.2. The maximum Gasteiger partial charge on any atom is 0.410 e. The number of carbonyl (C=O) groups is 1. The van der Waals surface area contributed by atoms with Crippen LogP contribution in [0.1, 0.15) is 81.8 Å². The Morgan fingerprint density at radius 3 is 2.38 bits per heavy atom. The third-order valence-electron chi connectivity index (χ3n) is 8.91. The fourth-order valence-electron chi connectivity index (χ4n) is 6.26. The van der Waals surface area contributed by atoms with E-state index >= 15 is 0 Å². The lowest BCUT2D eigenvalue weighted by atomic mass is 9.62. The Bertz CT molecular complexity index is 1430. The predicted octanol–water partition coefficient (Wildman–Crippen LogP) is 5.15. The minimum atomic E-state index is -1.46. The van der Waals surface area contributed by atoms with Gasteiger partial charge in [-0.05, 0) is 56.7 Å². The number of nitrogens with zero attached hydrogens (tertiary/aromatic N) is 4. The van der Waals surface area contributed by atoms with Crippen molar-refractivity contribution < 1.29 is 28.6 Å². The molecule has 3 fully saturated rings. The van der Waals surface area contributed by atoms with Crippen LogP contribution in [0.25, 0.3) is 11.5 Å². The highest BCUT2D eigenvalue weighted by Gasteiger charge is 2.58. The molecule has 1 N–H and O–H groups in total. The van der Waals surface area contributed by atoms with Gasteiger partial charge in [-0.1, -0.05) is 36.3 Å². The number of hydrogen-bond acceptors (Lipinski definition) is 9. The lowest BCUT2D eigenvalue weighted by Gasteiger charge is -2.56. The first-order valence-corrected chi connectivity index (χ1v) is 14.7. The second-order valence-corrected chi connectivity index (χ2v) is 13.2. The Balaban J connectivity index is 1.35. The molecule has 0 radical (unpaired) electrons. The molecule has 42 heavy (non-hydrogen) atoms. The van der Waals surface area contributed by atoms with Gasteiger partial charge in [0.2, 0.25) is 5.82 Å². The number of benzene rings is 1. The van der Waals surface area contributed by atoms with Crippen LogP contribution in [0.5, 0.6) is 0 Å². The Morgan fingerprint density at radius 1 is 1.07 bits per heavy atom. The van der Waals surface area contributed by atoms with Crippen molar-refractivity contribution in [3.05, 3.63) is 65.2 Å². The number of methoxy groups -OCH3 is 1. The zero-order valence-corrected chi connectivity index (χ0v) is 25.1. The van der Waals surface area contributed by atoms with Crippen molar-refractivity contribution in [3.8, 4) is 11.5 Å². The number of hydrogen-bond donors (Lipinski definition) is 1. The van der Waals surface area contributed by atoms with Gasteiger partial charge in [0.1, 0.15) is 16.8 Å². The summed E-state index contributed by atoms with van der Waals surface area (Å²) in [7, 11) is 1.65. The van der Waals surface area contributed by atoms with Crippen LogP contribution in [-0.2, 0) is 25.4 Å². The lowest BCUT2D eigenvalue weighted by Crippen LogP contribution is -2.66. The van der Waals surface area contributed by atoms with E-state index in [1.807, 2.05) is 45.9 Å². The van der Waals surface area contributed by atoms with Crippen LogP contribution >= 0.6 is 0 Å². The summed E-state index contributed by atoms with van der Waals surface area (Å²) in [5.74, 6) is 1.36. The summed E-state index contributed by atoms with van der Waals surface area (Å²) in [4.78, 5) is 23.7. The number of rotatable bonds is 7. The molecule has 2 aliphatic heterocycles. The number of aromatic nitrogens is 3. The monoisotopic (exact) mass is 576 g/mol. The number of pyridine rings is 1. The molecule has 4 heterocycles. The highest BCUT2D eigenvalue weighted by molar-refractivity contribution is 5.70. The first kappa shape index (κ1) is 28.8. The maximum atomic E-state index is 12.8. The van der Waals surface area contributed by atoms with Gasteiger partial charge < -0.3 is 28.7 Å². The average Bonchev–Trinajstić information content (AvgIpc) is 3.70. The van der Waals surface area contributed by atoms with Gasteiger partial charge in [0.25, 0.3) is 5.89 Å². The highest BCUT2D eigenvalue weighted by atomic mass is 16.6. The van der Waals surface area contributed by atoms with Crippen molar-refractivity contribution in [2.45, 2.75) is 76.1 Å². The molecule has 1 amide bonds. The SMILES string of the molecule is COC1(c2noc(-c3cncc([C@@](O)(c4ccc(C5CC5)cc4)C4(C)CN(C(=O)OC(C)(C)C)C4)c3)n2)CCOCC1. The van der Waals surface area contributed by atoms with Crippen molar-refractivity contribution >= 4 is 6.09 Å². The third-order valence-corrected chi connectivity index (χ3v) is 8.91. The summed E-state index contributed by atoms with van der Waals surface area (Å²) in [6, 6.07) is 10.1. The van der Waals surface area contributed by atoms with E-state index in [1.165, 1.54) is 18.4 Å². The third kappa shape index (κ3) is 5.09. The van der Waals surface area contributed by atoms with E-state index in [9.17, 15) is 9.90 Å². The van der Waals surface area contributed by atoms with E-state index in [2.05, 4.69) is 22.3 Å². The number of amides is 1. The molecule has 0 spiro atoms. The van der Waals surface area contributed by atoms with Crippen LogP contribution in [0.2, 0.25) is 0 Å². The number of carbonyl (C=O) groups excluding carboxylic acids is 1. The molecular formula is C32H40N4O6. The molecule has 6 rings (SSSR count). The van der Waals surface area contributed by atoms with Gasteiger partial charge in [0.05, 0.1) is 5.56 Å². The lowest BCUT2D eigenvalue weighted by molar-refractivity contribution is -0.131. The molecule has 1 aromatic carbocycles. The zero-order valence-electron chi connectivity index (χ0n) is 25.1. The molecule has 224 valence electrons. The van der Waals surface area contributed by atoms with Crippen molar-refractivity contribution in [1.29, 1.82) is 0 Å². The Hall–Kier alpha value is -3.34. The van der Waals surface area contributed by atoms with Crippen LogP contribution in [0.15, 0.2) is 47.2 Å². The van der Waals surface area contributed by atoms with Crippen molar-refractivity contribution in [3.63, 3.8) is 0 Å². The molecular weight excluding hydrogens is 536 g/mol. The van der Waals surface area contributed by atoms with Gasteiger partial charge in [-0.25, -0.2) is 4.79 Å². The van der Waals surface area contributed by atoms with E-state index in [0.717, 1.165) is 5.56 Å². The summed E-state index contributed by atoms with van der Waals surface area (Å²) < 4.78 is 22.7. The number of aliphatic hydroxyl groups is 1. The second kappa shape index (κ2) is 10.4. The van der Waals surface area contributed by atoms with Crippen LogP contribution in [-0.4, -0.2) is 70.2 Å². The quantitative estimate of drug-likeness (QED) is 0.407. The number of ether oxygens (including phenoxy) is 3. The van der Waals surface area contributed by atoms with Gasteiger partial charge in [0.15, 0.2) is 0 Å². The van der Waals surface area contributed by atoms with E-state index in [4.69, 9.17) is 23.7 Å². The van der Waals surface area contributed by atoms with Crippen molar-refractivity contribution in [2.24, 2.45) is 5.41 Å². The molecule has 3 aliphatic rings. The molecule has 2 saturated heterocycles. The molecule has 1 atom stereocenters. The first-order valence-electron chi connectivity index (χ1n) is 14.7. The van der Waals surface area contributed by atoms with E-state index in [-0.39, 0.29) is 0 Å². The van der Waals surface area contributed by atoms with Crippen LogP contribution < -0.4 is 0 Å². The van der Waals surface area contributed by atoms with Crippen LogP contribution in [0, 0.1) is 5.41 Å². The molecule has 10 heteroatoms. The summed E-state index contributed by atoms with van der Waals surface area (Å²) in [6.45, 7) is 9.27. The fourth-order valence-corrected chi connectivity index (χ4v) is 6.26. The summed E-state index contributed by atoms with van der Waals surface area (Å²) in [5.41, 5.74) is -0.265. The van der Waals surface area contributed by atoms with E-state index in [1.54, 1.807) is 24.4 Å². The highest BCUT2D eigenvalue weighted by Crippen LogP contribution is 2.52. The summed E-state index contributed by atoms with van der Waals surface area (Å²) >= 11 is 0. The van der Waals surface area contributed by atoms with E-state index < -0.39 is 28.3 Å². The maximum absolute atomic E-state index is 12.8. The van der Waals surface area contributed by atoms with Gasteiger partial charge in [-0.3, -0.25) is 4.98 Å². The molecule has 2 aromatic heterocycles. The van der Waals surface area contributed by atoms with Gasteiger partial charge in [-0.15, -0.1) is 0 Å². The molecule has 0 unspecified atom stereocenters. The molecule has 0 bridgehead atoms. The standard InChI is InChI=1S/C32H40N4O6/c1-29(2,3)41-28(37)36-19-30(4,20-36)32(38,24-10-8-22(9-11-24)21-6-7-21)25-16-23(17-33-18-25)26-34-27(35-42-26)31(39-5)12-14-40-15-13-31/h8-11,16-18,21,38H,6-7,12-15,19-20H2,1-5H3/t32-/m0/s1. The minimum Gasteiger partial charge on any atom is -0.444 e. The Kier molecular flexibility index (Phi) is 7.14. The van der Waals surface area contributed by atoms with Crippen molar-refractivity contribution in [1.82, 2.24) is 20.0 Å². The van der Waals surface area contributed by atoms with Crippen LogP contribution in [0.4, 0.5) is 4.79 Å². The van der Waals surface area contributed by atoms with Gasteiger partial charge in [-0.2, -0.15) is 4.98 Å². The summed E-state index contributed by atoms with van der Waals surface area (Å²) in [5, 5.41) is 17.0. The Morgan fingerprint density at radius 2 is 1.76 bits per heavy atom. The van der Waals surface area contributed by atoms with Crippen molar-refractivity contribution in [2.75, 3.05) is 33.4 Å². The van der Waals surface area contributed by atoms with Gasteiger partial charge >= 0.3 is 6.09 Å². The fraction of sp³-hybridized carbons (Fsp3) is 0.562. The van der Waals surface area contributed by atoms with E-state index in [0.29, 0.717) is 67.9 Å². The summed E-state index contributed by atoms with van der Waals surface area (Å²) in [6.07, 6.45) is 6.58. The minimum absolute atomic E-state index is 0.294. The smallest absolute Gasteiger partial charge is 0.410 e. The first-order chi connectivity index (χ1) is 20.0. The zero-order chi connectivity index (χ0) is 29.8.